The van der Waals surface area contributed by atoms with Crippen molar-refractivity contribution in [3.8, 4) is 0 Å². The summed E-state index contributed by atoms with van der Waals surface area (Å²) in [5, 5.41) is 0. The van der Waals surface area contributed by atoms with Gasteiger partial charge in [-0.15, -0.1) is 0 Å². The van der Waals surface area contributed by atoms with Gasteiger partial charge in [0.05, 0.1) is 6.61 Å². The third kappa shape index (κ3) is 1.17. The quantitative estimate of drug-likeness (QED) is 0.509. The Kier molecular flexibility index (Phi) is 1.67. The predicted octanol–water partition coefficient (Wildman–Crippen LogP) is 0.453. The number of likely N-dealkylation sites (N-methyl/N-ethyl adjacent to an activating group) is 1. The molecular weight excluding hydrogens is 142 g/mol. The Morgan fingerprint density at radius 2 is 2.36 bits per heavy atom. The third-order valence-electron chi connectivity index (χ3n) is 2.77. The second kappa shape index (κ2) is 2.44. The Hall–Kier alpha value is -0.120. The Balaban J connectivity index is 2.06. The van der Waals surface area contributed by atoms with Crippen LogP contribution in [-0.4, -0.2) is 43.5 Å². The maximum absolute atomic E-state index is 5.58. The first kappa shape index (κ1) is 7.53. The van der Waals surface area contributed by atoms with Crippen LogP contribution in [0.4, 0.5) is 0 Å². The first-order chi connectivity index (χ1) is 5.22. The maximum Gasteiger partial charge on any atom is 0.147 e. The van der Waals surface area contributed by atoms with Crippen LogP contribution in [0.1, 0.15) is 13.3 Å². The van der Waals surface area contributed by atoms with Crippen LogP contribution < -0.4 is 0 Å². The standard InChI is InChI=1S/C8H15NO2/c1-7-3-8(4-9(7)2)5-10-6-11-8/h7H,3-6H2,1-2H3/t7-,8?/m1/s1. The molecule has 0 saturated carbocycles. The van der Waals surface area contributed by atoms with Gasteiger partial charge >= 0.3 is 0 Å². The van der Waals surface area contributed by atoms with Gasteiger partial charge in [-0.2, -0.15) is 0 Å². The van der Waals surface area contributed by atoms with Gasteiger partial charge in [0.25, 0.3) is 0 Å². The average molecular weight is 157 g/mol. The lowest BCUT2D eigenvalue weighted by molar-refractivity contribution is -0.00158. The highest BCUT2D eigenvalue weighted by Crippen LogP contribution is 2.32. The molecule has 2 fully saturated rings. The van der Waals surface area contributed by atoms with Crippen molar-refractivity contribution in [2.45, 2.75) is 25.0 Å². The van der Waals surface area contributed by atoms with Gasteiger partial charge in [-0.25, -0.2) is 0 Å². The first-order valence-corrected chi connectivity index (χ1v) is 4.14. The summed E-state index contributed by atoms with van der Waals surface area (Å²) in [5.74, 6) is 0. The zero-order valence-electron chi connectivity index (χ0n) is 7.17. The van der Waals surface area contributed by atoms with Gasteiger partial charge in [-0.05, 0) is 20.4 Å². The van der Waals surface area contributed by atoms with Crippen LogP contribution in [-0.2, 0) is 9.47 Å². The second-order valence-electron chi connectivity index (χ2n) is 3.76. The number of rotatable bonds is 0. The van der Waals surface area contributed by atoms with Crippen LogP contribution in [0.3, 0.4) is 0 Å². The van der Waals surface area contributed by atoms with Crippen molar-refractivity contribution in [3.05, 3.63) is 0 Å². The van der Waals surface area contributed by atoms with E-state index in [1.54, 1.807) is 0 Å². The molecule has 0 aromatic heterocycles. The molecule has 2 heterocycles. The fourth-order valence-electron chi connectivity index (χ4n) is 2.01. The zero-order chi connectivity index (χ0) is 7.90. The smallest absolute Gasteiger partial charge is 0.147 e. The van der Waals surface area contributed by atoms with Gasteiger partial charge in [-0.1, -0.05) is 0 Å². The van der Waals surface area contributed by atoms with E-state index in [1.165, 1.54) is 0 Å². The van der Waals surface area contributed by atoms with Crippen LogP contribution in [0, 0.1) is 0 Å². The van der Waals surface area contributed by atoms with E-state index in [0.717, 1.165) is 19.6 Å². The molecule has 1 spiro atoms. The lowest BCUT2D eigenvalue weighted by Gasteiger charge is -2.18. The molecule has 3 heteroatoms. The summed E-state index contributed by atoms with van der Waals surface area (Å²) in [6.07, 6.45) is 1.11. The minimum Gasteiger partial charge on any atom is -0.352 e. The van der Waals surface area contributed by atoms with E-state index in [9.17, 15) is 0 Å². The van der Waals surface area contributed by atoms with Crippen LogP contribution in [0.15, 0.2) is 0 Å². The molecule has 11 heavy (non-hydrogen) atoms. The minimum atomic E-state index is 0.0359. The highest BCUT2D eigenvalue weighted by atomic mass is 16.7. The molecule has 3 nitrogen and oxygen atoms in total. The molecule has 2 atom stereocenters. The Labute approximate surface area is 67.3 Å². The fraction of sp³-hybridized carbons (Fsp3) is 1.00. The Morgan fingerprint density at radius 1 is 1.55 bits per heavy atom. The second-order valence-corrected chi connectivity index (χ2v) is 3.76. The molecule has 0 bridgehead atoms. The summed E-state index contributed by atoms with van der Waals surface area (Å²) in [6.45, 7) is 4.52. The number of ether oxygens (including phenoxy) is 2. The van der Waals surface area contributed by atoms with Crippen molar-refractivity contribution in [3.63, 3.8) is 0 Å². The highest BCUT2D eigenvalue weighted by Gasteiger charge is 2.44. The molecule has 2 aliphatic rings. The van der Waals surface area contributed by atoms with Gasteiger partial charge in [0, 0.05) is 12.6 Å². The number of nitrogens with zero attached hydrogens (tertiary/aromatic N) is 1. The molecule has 0 N–H and O–H groups in total. The lowest BCUT2D eigenvalue weighted by atomic mass is 10.0. The topological polar surface area (TPSA) is 21.7 Å². The lowest BCUT2D eigenvalue weighted by Crippen LogP contribution is -2.34. The van der Waals surface area contributed by atoms with Crippen molar-refractivity contribution < 1.29 is 9.47 Å². The summed E-state index contributed by atoms with van der Waals surface area (Å²) in [4.78, 5) is 2.33. The highest BCUT2D eigenvalue weighted by molar-refractivity contribution is 4.96. The molecule has 1 unspecified atom stereocenters. The van der Waals surface area contributed by atoms with Gasteiger partial charge in [0.2, 0.25) is 0 Å². The van der Waals surface area contributed by atoms with Crippen molar-refractivity contribution in [1.29, 1.82) is 0 Å². The van der Waals surface area contributed by atoms with Crippen molar-refractivity contribution in [2.24, 2.45) is 0 Å². The van der Waals surface area contributed by atoms with Gasteiger partial charge in [-0.3, -0.25) is 0 Å². The average Bonchev–Trinajstić information content (AvgIpc) is 2.46. The third-order valence-corrected chi connectivity index (χ3v) is 2.77. The van der Waals surface area contributed by atoms with E-state index in [2.05, 4.69) is 18.9 Å². The summed E-state index contributed by atoms with van der Waals surface area (Å²) < 4.78 is 10.8. The molecular formula is C8H15NO2. The molecule has 64 valence electrons. The predicted molar refractivity (Wildman–Crippen MR) is 41.3 cm³/mol. The van der Waals surface area contributed by atoms with Gasteiger partial charge < -0.3 is 14.4 Å². The first-order valence-electron chi connectivity index (χ1n) is 4.14. The van der Waals surface area contributed by atoms with E-state index in [-0.39, 0.29) is 5.60 Å². The van der Waals surface area contributed by atoms with Crippen LogP contribution in [0.5, 0.6) is 0 Å². The van der Waals surface area contributed by atoms with E-state index in [0.29, 0.717) is 12.8 Å². The van der Waals surface area contributed by atoms with Crippen molar-refractivity contribution >= 4 is 0 Å². The summed E-state index contributed by atoms with van der Waals surface area (Å²) >= 11 is 0. The number of hydrogen-bond acceptors (Lipinski definition) is 3. The van der Waals surface area contributed by atoms with E-state index in [1.807, 2.05) is 0 Å². The molecule has 0 aromatic rings. The Morgan fingerprint density at radius 3 is 2.82 bits per heavy atom. The fourth-order valence-corrected chi connectivity index (χ4v) is 2.01. The van der Waals surface area contributed by atoms with Gasteiger partial charge in [0.1, 0.15) is 12.4 Å². The molecule has 0 aromatic carbocycles. The number of likely N-dealkylation sites (tertiary alicyclic amines) is 1. The summed E-state index contributed by atoms with van der Waals surface area (Å²) in [5.41, 5.74) is 0.0359. The van der Waals surface area contributed by atoms with E-state index in [4.69, 9.17) is 9.47 Å². The van der Waals surface area contributed by atoms with Gasteiger partial charge in [0.15, 0.2) is 0 Å². The molecule has 2 aliphatic heterocycles. The van der Waals surface area contributed by atoms with Crippen LogP contribution in [0.25, 0.3) is 0 Å². The summed E-state index contributed by atoms with van der Waals surface area (Å²) in [7, 11) is 2.14. The molecule has 2 saturated heterocycles. The molecule has 2 rings (SSSR count). The largest absolute Gasteiger partial charge is 0.352 e. The SMILES string of the molecule is C[C@@H]1CC2(COCO2)CN1C. The maximum atomic E-state index is 5.58. The normalized spacial score (nSPS) is 45.8. The minimum absolute atomic E-state index is 0.0359. The summed E-state index contributed by atoms with van der Waals surface area (Å²) in [6, 6.07) is 0.636. The number of hydrogen-bond donors (Lipinski definition) is 0. The zero-order valence-corrected chi connectivity index (χ0v) is 7.17. The monoisotopic (exact) mass is 157 g/mol. The van der Waals surface area contributed by atoms with E-state index >= 15 is 0 Å². The molecule has 0 aliphatic carbocycles. The van der Waals surface area contributed by atoms with Crippen molar-refractivity contribution in [2.75, 3.05) is 27.0 Å². The Bertz CT molecular complexity index is 142. The molecule has 0 amide bonds. The van der Waals surface area contributed by atoms with Crippen LogP contribution >= 0.6 is 0 Å². The van der Waals surface area contributed by atoms with E-state index < -0.39 is 0 Å². The van der Waals surface area contributed by atoms with Crippen molar-refractivity contribution in [1.82, 2.24) is 4.90 Å². The molecule has 0 radical (unpaired) electrons. The van der Waals surface area contributed by atoms with Crippen LogP contribution in [0.2, 0.25) is 0 Å².